The van der Waals surface area contributed by atoms with Crippen molar-refractivity contribution in [2.45, 2.75) is 6.54 Å². The summed E-state index contributed by atoms with van der Waals surface area (Å²) in [5.41, 5.74) is 0.764. The normalized spacial score (nSPS) is 18.4. The second-order valence-corrected chi connectivity index (χ2v) is 5.39. The van der Waals surface area contributed by atoms with Crippen molar-refractivity contribution >= 4 is 28.9 Å². The van der Waals surface area contributed by atoms with Crippen LogP contribution < -0.4 is 5.32 Å². The number of aliphatic imine (C=N–C) groups is 1. The van der Waals surface area contributed by atoms with Crippen LogP contribution in [0.3, 0.4) is 0 Å². The number of phenolic OH excluding ortho intramolecular Hbond substituents is 1. The van der Waals surface area contributed by atoms with E-state index in [1.165, 1.54) is 11.8 Å². The maximum Gasteiger partial charge on any atom is 0.264 e. The molecule has 6 heteroatoms. The number of nitrogens with zero attached hydrogens (tertiary/aromatic N) is 1. The molecule has 1 fully saturated rings. The third-order valence-corrected chi connectivity index (χ3v) is 3.73. The molecule has 2 N–H and O–H groups in total. The van der Waals surface area contributed by atoms with Gasteiger partial charge in [-0.15, -0.1) is 0 Å². The van der Waals surface area contributed by atoms with Crippen molar-refractivity contribution in [3.8, 4) is 5.75 Å². The van der Waals surface area contributed by atoms with Crippen molar-refractivity contribution in [3.63, 3.8) is 0 Å². The van der Waals surface area contributed by atoms with Gasteiger partial charge in [0.25, 0.3) is 5.91 Å². The Kier molecular flexibility index (Phi) is 3.79. The summed E-state index contributed by atoms with van der Waals surface area (Å²) in [6.45, 7) is 0.384. The fourth-order valence-corrected chi connectivity index (χ4v) is 2.64. The molecule has 2 aromatic rings. The Labute approximate surface area is 125 Å². The Morgan fingerprint density at radius 1 is 1.33 bits per heavy atom. The summed E-state index contributed by atoms with van der Waals surface area (Å²) in [5, 5.41) is 12.7. The van der Waals surface area contributed by atoms with Crippen LogP contribution in [0.25, 0.3) is 6.08 Å². The van der Waals surface area contributed by atoms with Gasteiger partial charge in [0.15, 0.2) is 5.17 Å². The molecule has 0 unspecified atom stereocenters. The predicted octanol–water partition coefficient (Wildman–Crippen LogP) is 2.75. The third-order valence-electron chi connectivity index (χ3n) is 2.78. The van der Waals surface area contributed by atoms with E-state index in [1.807, 2.05) is 12.1 Å². The van der Waals surface area contributed by atoms with Crippen molar-refractivity contribution in [2.24, 2.45) is 4.99 Å². The van der Waals surface area contributed by atoms with E-state index in [4.69, 9.17) is 4.42 Å². The first-order valence-corrected chi connectivity index (χ1v) is 7.09. The quantitative estimate of drug-likeness (QED) is 0.855. The van der Waals surface area contributed by atoms with Crippen molar-refractivity contribution < 1.29 is 14.3 Å². The van der Waals surface area contributed by atoms with Gasteiger partial charge in [-0.2, -0.15) is 0 Å². The highest BCUT2D eigenvalue weighted by atomic mass is 32.2. The van der Waals surface area contributed by atoms with Gasteiger partial charge >= 0.3 is 0 Å². The van der Waals surface area contributed by atoms with Crippen molar-refractivity contribution in [2.75, 3.05) is 0 Å². The van der Waals surface area contributed by atoms with Gasteiger partial charge in [-0.1, -0.05) is 12.1 Å². The Morgan fingerprint density at radius 3 is 3.00 bits per heavy atom. The summed E-state index contributed by atoms with van der Waals surface area (Å²) in [6, 6.07) is 10.3. The first-order chi connectivity index (χ1) is 10.2. The summed E-state index contributed by atoms with van der Waals surface area (Å²) in [5.74, 6) is 0.712. The number of amides is 1. The lowest BCUT2D eigenvalue weighted by molar-refractivity contribution is -0.115. The predicted molar refractivity (Wildman–Crippen MR) is 81.7 cm³/mol. The molecule has 0 saturated carbocycles. The minimum atomic E-state index is -0.193. The van der Waals surface area contributed by atoms with E-state index in [2.05, 4.69) is 10.3 Å². The summed E-state index contributed by atoms with van der Waals surface area (Å²) < 4.78 is 5.18. The van der Waals surface area contributed by atoms with Crippen LogP contribution in [0, 0.1) is 0 Å². The molecule has 0 atom stereocenters. The number of carbonyl (C=O) groups excluding carboxylic acids is 1. The smallest absolute Gasteiger partial charge is 0.264 e. The number of hydrogen-bond acceptors (Lipinski definition) is 5. The lowest BCUT2D eigenvalue weighted by Crippen LogP contribution is -2.19. The molecule has 1 aliphatic heterocycles. The van der Waals surface area contributed by atoms with Crippen LogP contribution in [0.2, 0.25) is 0 Å². The minimum absolute atomic E-state index is 0.166. The standard InChI is InChI=1S/C15H12N2O3S/c18-11-4-1-3-10(7-11)8-13-14(19)17-15(21-13)16-9-12-5-2-6-20-12/h1-8,18H,9H2,(H,16,17,19). The van der Waals surface area contributed by atoms with Gasteiger partial charge in [0, 0.05) is 0 Å². The van der Waals surface area contributed by atoms with E-state index in [9.17, 15) is 9.90 Å². The molecule has 106 valence electrons. The Bertz CT molecular complexity index is 720. The number of rotatable bonds is 3. The number of nitrogens with one attached hydrogen (secondary N) is 1. The second kappa shape index (κ2) is 5.88. The van der Waals surface area contributed by atoms with E-state index in [0.29, 0.717) is 16.6 Å². The first-order valence-electron chi connectivity index (χ1n) is 6.27. The topological polar surface area (TPSA) is 74.8 Å². The Hall–Kier alpha value is -2.47. The molecule has 1 saturated heterocycles. The number of furan rings is 1. The zero-order valence-corrected chi connectivity index (χ0v) is 11.8. The van der Waals surface area contributed by atoms with Crippen LogP contribution in [-0.2, 0) is 11.3 Å². The van der Waals surface area contributed by atoms with Gasteiger partial charge in [0.05, 0.1) is 17.7 Å². The number of amidine groups is 1. The summed E-state index contributed by atoms with van der Waals surface area (Å²) in [7, 11) is 0. The van der Waals surface area contributed by atoms with E-state index in [-0.39, 0.29) is 11.7 Å². The second-order valence-electron chi connectivity index (χ2n) is 4.36. The van der Waals surface area contributed by atoms with Crippen molar-refractivity contribution in [1.82, 2.24) is 5.32 Å². The van der Waals surface area contributed by atoms with Gasteiger partial charge in [0.2, 0.25) is 0 Å². The lowest BCUT2D eigenvalue weighted by Gasteiger charge is -1.96. The first kappa shape index (κ1) is 13.5. The lowest BCUT2D eigenvalue weighted by atomic mass is 10.2. The number of aromatic hydroxyl groups is 1. The number of carbonyl (C=O) groups is 1. The summed E-state index contributed by atoms with van der Waals surface area (Å²) in [6.07, 6.45) is 3.30. The fourth-order valence-electron chi connectivity index (χ4n) is 1.82. The molecule has 5 nitrogen and oxygen atoms in total. The molecular weight excluding hydrogens is 288 g/mol. The Balaban J connectivity index is 1.74. The van der Waals surface area contributed by atoms with Gasteiger partial charge in [-0.3, -0.25) is 9.79 Å². The molecule has 1 aliphatic rings. The van der Waals surface area contributed by atoms with Crippen LogP contribution in [0.1, 0.15) is 11.3 Å². The molecule has 0 spiro atoms. The molecule has 3 rings (SSSR count). The van der Waals surface area contributed by atoms with Gasteiger partial charge < -0.3 is 14.8 Å². The SMILES string of the molecule is O=C1NC(=NCc2ccco2)SC1=Cc1cccc(O)c1. The average molecular weight is 300 g/mol. The molecule has 2 heterocycles. The molecule has 0 bridgehead atoms. The van der Waals surface area contributed by atoms with Gasteiger partial charge in [-0.05, 0) is 47.7 Å². The van der Waals surface area contributed by atoms with Crippen LogP contribution in [0.5, 0.6) is 5.75 Å². The van der Waals surface area contributed by atoms with E-state index in [1.54, 1.807) is 36.6 Å². The summed E-state index contributed by atoms with van der Waals surface area (Å²) in [4.78, 5) is 16.7. The number of benzene rings is 1. The Morgan fingerprint density at radius 2 is 2.24 bits per heavy atom. The summed E-state index contributed by atoms with van der Waals surface area (Å²) >= 11 is 1.27. The fraction of sp³-hybridized carbons (Fsp3) is 0.0667. The number of phenols is 1. The molecule has 1 amide bonds. The molecule has 1 aromatic carbocycles. The van der Waals surface area contributed by atoms with Crippen LogP contribution in [-0.4, -0.2) is 16.2 Å². The van der Waals surface area contributed by atoms with Crippen LogP contribution >= 0.6 is 11.8 Å². The molecule has 0 radical (unpaired) electrons. The monoisotopic (exact) mass is 300 g/mol. The van der Waals surface area contributed by atoms with Crippen molar-refractivity contribution in [3.05, 3.63) is 58.9 Å². The highest BCUT2D eigenvalue weighted by Crippen LogP contribution is 2.27. The average Bonchev–Trinajstić information content (AvgIpc) is 3.07. The minimum Gasteiger partial charge on any atom is -0.508 e. The molecule has 1 aromatic heterocycles. The van der Waals surface area contributed by atoms with E-state index >= 15 is 0 Å². The van der Waals surface area contributed by atoms with Crippen LogP contribution in [0.4, 0.5) is 0 Å². The van der Waals surface area contributed by atoms with Crippen molar-refractivity contribution in [1.29, 1.82) is 0 Å². The zero-order valence-electron chi connectivity index (χ0n) is 10.9. The van der Waals surface area contributed by atoms with Gasteiger partial charge in [0.1, 0.15) is 11.5 Å². The largest absolute Gasteiger partial charge is 0.508 e. The molecule has 21 heavy (non-hydrogen) atoms. The molecule has 0 aliphatic carbocycles. The maximum absolute atomic E-state index is 11.9. The highest BCUT2D eigenvalue weighted by molar-refractivity contribution is 8.18. The van der Waals surface area contributed by atoms with Gasteiger partial charge in [-0.25, -0.2) is 0 Å². The third kappa shape index (κ3) is 3.35. The maximum atomic E-state index is 11.9. The highest BCUT2D eigenvalue weighted by Gasteiger charge is 2.23. The molecular formula is C15H12N2O3S. The van der Waals surface area contributed by atoms with Crippen LogP contribution in [0.15, 0.2) is 57.0 Å². The zero-order chi connectivity index (χ0) is 14.7. The number of thioether (sulfide) groups is 1. The van der Waals surface area contributed by atoms with E-state index < -0.39 is 0 Å². The van der Waals surface area contributed by atoms with E-state index in [0.717, 1.165) is 11.3 Å². The number of hydrogen-bond donors (Lipinski definition) is 2.